The third-order valence-corrected chi connectivity index (χ3v) is 3.65. The molecule has 0 aliphatic heterocycles. The summed E-state index contributed by atoms with van der Waals surface area (Å²) in [5.41, 5.74) is 2.54. The number of hydrogen-bond acceptors (Lipinski definition) is 4. The number of anilines is 1. The second-order valence-corrected chi connectivity index (χ2v) is 5.38. The fourth-order valence-electron chi connectivity index (χ4n) is 2.44. The van der Waals surface area contributed by atoms with E-state index in [9.17, 15) is 9.90 Å². The van der Waals surface area contributed by atoms with Gasteiger partial charge in [-0.15, -0.1) is 0 Å². The molecule has 128 valence electrons. The van der Waals surface area contributed by atoms with Gasteiger partial charge in [-0.3, -0.25) is 4.79 Å². The van der Waals surface area contributed by atoms with Crippen LogP contribution in [0, 0.1) is 0 Å². The molecule has 0 saturated carbocycles. The fourth-order valence-corrected chi connectivity index (χ4v) is 2.44. The van der Waals surface area contributed by atoms with Crippen LogP contribution >= 0.6 is 0 Å². The van der Waals surface area contributed by atoms with Crippen molar-refractivity contribution < 1.29 is 14.6 Å². The second kappa shape index (κ2) is 7.63. The Morgan fingerprint density at radius 3 is 2.76 bits per heavy atom. The number of aliphatic hydroxyl groups excluding tert-OH is 1. The molecule has 1 amide bonds. The number of nitrogens with zero attached hydrogens (tertiary/aromatic N) is 2. The molecule has 2 aromatic carbocycles. The lowest BCUT2D eigenvalue weighted by atomic mass is 10.2. The molecule has 0 saturated heterocycles. The standard InChI is InChI=1S/C19H19N3O3/c1-2-25-18-9-8-16(10-14(18)13-23)21-19(24)15-11-20-22(12-15)17-6-4-3-5-7-17/h3-12,23H,2,13H2,1H3,(H,21,24). The number of nitrogens with one attached hydrogen (secondary N) is 1. The Morgan fingerprint density at radius 1 is 1.24 bits per heavy atom. The van der Waals surface area contributed by atoms with Crippen LogP contribution in [0.4, 0.5) is 5.69 Å². The van der Waals surface area contributed by atoms with Crippen LogP contribution in [0.5, 0.6) is 5.75 Å². The van der Waals surface area contributed by atoms with Crippen molar-refractivity contribution in [2.24, 2.45) is 0 Å². The molecule has 0 aliphatic rings. The van der Waals surface area contributed by atoms with Crippen molar-refractivity contribution in [2.45, 2.75) is 13.5 Å². The van der Waals surface area contributed by atoms with E-state index >= 15 is 0 Å². The van der Waals surface area contributed by atoms with Crippen molar-refractivity contribution in [1.82, 2.24) is 9.78 Å². The number of rotatable bonds is 6. The molecule has 3 rings (SSSR count). The predicted molar refractivity (Wildman–Crippen MR) is 95.1 cm³/mol. The quantitative estimate of drug-likeness (QED) is 0.725. The summed E-state index contributed by atoms with van der Waals surface area (Å²) in [5.74, 6) is 0.343. The van der Waals surface area contributed by atoms with Crippen molar-refractivity contribution in [3.8, 4) is 11.4 Å². The van der Waals surface area contributed by atoms with Gasteiger partial charge in [0.2, 0.25) is 0 Å². The first kappa shape index (κ1) is 16.7. The van der Waals surface area contributed by atoms with Gasteiger partial charge in [0.15, 0.2) is 0 Å². The first-order valence-corrected chi connectivity index (χ1v) is 7.99. The highest BCUT2D eigenvalue weighted by Gasteiger charge is 2.11. The minimum Gasteiger partial charge on any atom is -0.494 e. The van der Waals surface area contributed by atoms with Gasteiger partial charge >= 0.3 is 0 Å². The number of aromatic nitrogens is 2. The third kappa shape index (κ3) is 3.87. The molecule has 0 unspecified atom stereocenters. The SMILES string of the molecule is CCOc1ccc(NC(=O)c2cnn(-c3ccccc3)c2)cc1CO. The van der Waals surface area contributed by atoms with E-state index in [0.29, 0.717) is 29.2 Å². The first-order chi connectivity index (χ1) is 12.2. The van der Waals surface area contributed by atoms with Crippen molar-refractivity contribution in [1.29, 1.82) is 0 Å². The molecule has 3 aromatic rings. The number of amides is 1. The lowest BCUT2D eigenvalue weighted by molar-refractivity contribution is 0.102. The van der Waals surface area contributed by atoms with E-state index in [0.717, 1.165) is 5.69 Å². The van der Waals surface area contributed by atoms with E-state index in [4.69, 9.17) is 4.74 Å². The Hall–Kier alpha value is -3.12. The normalized spacial score (nSPS) is 10.5. The van der Waals surface area contributed by atoms with Crippen LogP contribution in [-0.4, -0.2) is 27.4 Å². The molecule has 0 atom stereocenters. The summed E-state index contributed by atoms with van der Waals surface area (Å²) < 4.78 is 7.08. The van der Waals surface area contributed by atoms with Crippen LogP contribution in [0.25, 0.3) is 5.69 Å². The van der Waals surface area contributed by atoms with E-state index in [-0.39, 0.29) is 12.5 Å². The highest BCUT2D eigenvalue weighted by atomic mass is 16.5. The average Bonchev–Trinajstić information content (AvgIpc) is 3.14. The Kier molecular flexibility index (Phi) is 5.11. The largest absolute Gasteiger partial charge is 0.494 e. The highest BCUT2D eigenvalue weighted by molar-refractivity contribution is 6.04. The number of para-hydroxylation sites is 1. The Morgan fingerprint density at radius 2 is 2.04 bits per heavy atom. The van der Waals surface area contributed by atoms with Crippen LogP contribution in [-0.2, 0) is 6.61 Å². The molecule has 1 heterocycles. The van der Waals surface area contributed by atoms with Crippen LogP contribution in [0.2, 0.25) is 0 Å². The van der Waals surface area contributed by atoms with E-state index in [1.807, 2.05) is 37.3 Å². The first-order valence-electron chi connectivity index (χ1n) is 7.99. The van der Waals surface area contributed by atoms with E-state index in [2.05, 4.69) is 10.4 Å². The molecule has 2 N–H and O–H groups in total. The van der Waals surface area contributed by atoms with Crippen LogP contribution in [0.1, 0.15) is 22.8 Å². The second-order valence-electron chi connectivity index (χ2n) is 5.38. The number of carbonyl (C=O) groups excluding carboxylic acids is 1. The molecule has 1 aromatic heterocycles. The fraction of sp³-hybridized carbons (Fsp3) is 0.158. The Labute approximate surface area is 145 Å². The molecular formula is C19H19N3O3. The Bertz CT molecular complexity index is 859. The van der Waals surface area contributed by atoms with Gasteiger partial charge in [-0.25, -0.2) is 4.68 Å². The summed E-state index contributed by atoms with van der Waals surface area (Å²) in [6, 6.07) is 14.7. The zero-order chi connectivity index (χ0) is 17.6. The third-order valence-electron chi connectivity index (χ3n) is 3.65. The maximum atomic E-state index is 12.4. The summed E-state index contributed by atoms with van der Waals surface area (Å²) in [6.07, 6.45) is 3.19. The number of carbonyl (C=O) groups is 1. The average molecular weight is 337 g/mol. The van der Waals surface area contributed by atoms with E-state index in [1.54, 1.807) is 29.1 Å². The highest BCUT2D eigenvalue weighted by Crippen LogP contribution is 2.23. The Balaban J connectivity index is 1.75. The molecule has 0 radical (unpaired) electrons. The molecule has 0 fully saturated rings. The zero-order valence-corrected chi connectivity index (χ0v) is 13.8. The van der Waals surface area contributed by atoms with Crippen LogP contribution in [0.15, 0.2) is 60.9 Å². The van der Waals surface area contributed by atoms with Crippen molar-refractivity contribution >= 4 is 11.6 Å². The van der Waals surface area contributed by atoms with Gasteiger partial charge < -0.3 is 15.2 Å². The number of ether oxygens (including phenoxy) is 1. The van der Waals surface area contributed by atoms with Gasteiger partial charge in [-0.1, -0.05) is 18.2 Å². The van der Waals surface area contributed by atoms with Crippen LogP contribution < -0.4 is 10.1 Å². The van der Waals surface area contributed by atoms with Gasteiger partial charge in [-0.05, 0) is 37.3 Å². The van der Waals surface area contributed by atoms with Gasteiger partial charge in [0.1, 0.15) is 5.75 Å². The molecular weight excluding hydrogens is 318 g/mol. The van der Waals surface area contributed by atoms with E-state index in [1.165, 1.54) is 6.20 Å². The minimum absolute atomic E-state index is 0.162. The van der Waals surface area contributed by atoms with Gasteiger partial charge in [-0.2, -0.15) is 5.10 Å². The van der Waals surface area contributed by atoms with Gasteiger partial charge in [0.25, 0.3) is 5.91 Å². The topological polar surface area (TPSA) is 76.4 Å². The molecule has 0 spiro atoms. The molecule has 25 heavy (non-hydrogen) atoms. The summed E-state index contributed by atoms with van der Waals surface area (Å²) in [5, 5.41) is 16.5. The molecule has 6 heteroatoms. The molecule has 0 aliphatic carbocycles. The molecule has 0 bridgehead atoms. The predicted octanol–water partition coefficient (Wildman–Crippen LogP) is 3.02. The van der Waals surface area contributed by atoms with Crippen LogP contribution in [0.3, 0.4) is 0 Å². The lowest BCUT2D eigenvalue weighted by Crippen LogP contribution is -2.11. The maximum absolute atomic E-state index is 12.4. The molecule has 6 nitrogen and oxygen atoms in total. The van der Waals surface area contributed by atoms with Crippen molar-refractivity contribution in [3.63, 3.8) is 0 Å². The summed E-state index contributed by atoms with van der Waals surface area (Å²) in [6.45, 7) is 2.23. The number of hydrogen-bond donors (Lipinski definition) is 2. The maximum Gasteiger partial charge on any atom is 0.258 e. The minimum atomic E-state index is -0.268. The van der Waals surface area contributed by atoms with Crippen molar-refractivity contribution in [3.05, 3.63) is 72.1 Å². The number of benzene rings is 2. The summed E-state index contributed by atoms with van der Waals surface area (Å²) in [4.78, 5) is 12.4. The lowest BCUT2D eigenvalue weighted by Gasteiger charge is -2.11. The van der Waals surface area contributed by atoms with Gasteiger partial charge in [0.05, 0.1) is 30.7 Å². The zero-order valence-electron chi connectivity index (χ0n) is 13.8. The summed E-state index contributed by atoms with van der Waals surface area (Å²) >= 11 is 0. The number of aliphatic hydroxyl groups is 1. The van der Waals surface area contributed by atoms with E-state index < -0.39 is 0 Å². The van der Waals surface area contributed by atoms with Crippen molar-refractivity contribution in [2.75, 3.05) is 11.9 Å². The monoisotopic (exact) mass is 337 g/mol. The summed E-state index contributed by atoms with van der Waals surface area (Å²) in [7, 11) is 0. The van der Waals surface area contributed by atoms with Gasteiger partial charge in [0, 0.05) is 17.4 Å². The smallest absolute Gasteiger partial charge is 0.258 e.